The molecule has 2 heterocycles. The minimum Gasteiger partial charge on any atom is -0.387 e. The quantitative estimate of drug-likeness (QED) is 0.473. The van der Waals surface area contributed by atoms with E-state index in [2.05, 4.69) is 16.2 Å². The van der Waals surface area contributed by atoms with Crippen molar-refractivity contribution in [3.63, 3.8) is 0 Å². The predicted octanol–water partition coefficient (Wildman–Crippen LogP) is 0.469. The van der Waals surface area contributed by atoms with E-state index in [4.69, 9.17) is 0 Å². The minimum absolute atomic E-state index is 1.07. The van der Waals surface area contributed by atoms with E-state index in [1.807, 2.05) is 0 Å². The van der Waals surface area contributed by atoms with E-state index in [9.17, 15) is 0 Å². The molecule has 0 aromatic heterocycles. The molecular formula is C8H15N3. The van der Waals surface area contributed by atoms with E-state index < -0.39 is 0 Å². The summed E-state index contributed by atoms with van der Waals surface area (Å²) < 4.78 is 0. The molecule has 3 nitrogen and oxygen atoms in total. The fraction of sp³-hybridized carbons (Fsp3) is 0.750. The van der Waals surface area contributed by atoms with E-state index in [1.165, 1.54) is 30.7 Å². The lowest BCUT2D eigenvalue weighted by Crippen LogP contribution is -2.27. The summed E-state index contributed by atoms with van der Waals surface area (Å²) in [6.07, 6.45) is 5.05. The van der Waals surface area contributed by atoms with Gasteiger partial charge in [-0.2, -0.15) is 0 Å². The normalized spacial score (nSPS) is 31.3. The Hall–Kier alpha value is -0.700. The molecule has 2 rings (SSSR count). The fourth-order valence-corrected chi connectivity index (χ4v) is 1.66. The molecule has 2 fully saturated rings. The van der Waals surface area contributed by atoms with Gasteiger partial charge in [-0.3, -0.25) is 0 Å². The summed E-state index contributed by atoms with van der Waals surface area (Å²) in [5.74, 6) is 0. The van der Waals surface area contributed by atoms with Crippen molar-refractivity contribution in [2.75, 3.05) is 13.1 Å². The van der Waals surface area contributed by atoms with Gasteiger partial charge in [0.25, 0.3) is 0 Å². The number of piperidine rings is 1. The van der Waals surface area contributed by atoms with Gasteiger partial charge in [0, 0.05) is 30.9 Å². The summed E-state index contributed by atoms with van der Waals surface area (Å²) in [6.45, 7) is 2.22. The molecule has 0 bridgehead atoms. The molecule has 0 aromatic carbocycles. The average molecular weight is 153 g/mol. The van der Waals surface area contributed by atoms with Crippen molar-refractivity contribution in [1.29, 1.82) is 0 Å². The van der Waals surface area contributed by atoms with Crippen LogP contribution in [0.15, 0.2) is 11.4 Å². The number of hydrogen-bond acceptors (Lipinski definition) is 3. The first-order valence-corrected chi connectivity index (χ1v) is 4.41. The maximum absolute atomic E-state index is 3.44. The number of rotatable bonds is 0. The molecule has 3 N–H and O–H groups in total. The van der Waals surface area contributed by atoms with Crippen LogP contribution < -0.4 is 16.2 Å². The van der Waals surface area contributed by atoms with E-state index in [1.54, 1.807) is 0 Å². The number of hydrogen-bond donors (Lipinski definition) is 3. The Morgan fingerprint density at radius 1 is 0.909 bits per heavy atom. The third-order valence-electron chi connectivity index (χ3n) is 2.30. The second kappa shape index (κ2) is 3.13. The van der Waals surface area contributed by atoms with Crippen molar-refractivity contribution in [3.05, 3.63) is 11.4 Å². The fourth-order valence-electron chi connectivity index (χ4n) is 1.66. The minimum atomic E-state index is 1.07. The van der Waals surface area contributed by atoms with Gasteiger partial charge in [-0.15, -0.1) is 0 Å². The Balaban J connectivity index is 2.03. The maximum atomic E-state index is 3.44. The van der Waals surface area contributed by atoms with Crippen LogP contribution >= 0.6 is 0 Å². The molecule has 2 aliphatic rings. The van der Waals surface area contributed by atoms with Crippen LogP contribution in [0.3, 0.4) is 0 Å². The molecule has 0 atom stereocenters. The van der Waals surface area contributed by atoms with Crippen LogP contribution in [-0.4, -0.2) is 13.1 Å². The first-order chi connectivity index (χ1) is 5.47. The topological polar surface area (TPSA) is 36.1 Å². The van der Waals surface area contributed by atoms with Gasteiger partial charge in [-0.1, -0.05) is 0 Å². The van der Waals surface area contributed by atoms with Gasteiger partial charge in [0.05, 0.1) is 0 Å². The highest BCUT2D eigenvalue weighted by Crippen LogP contribution is 2.15. The Morgan fingerprint density at radius 2 is 1.91 bits per heavy atom. The number of allylic oxidation sites excluding steroid dienone is 1. The maximum Gasteiger partial charge on any atom is 0.0464 e. The molecule has 0 spiro atoms. The van der Waals surface area contributed by atoms with Crippen molar-refractivity contribution in [3.8, 4) is 0 Å². The van der Waals surface area contributed by atoms with Crippen LogP contribution in [0.25, 0.3) is 0 Å². The van der Waals surface area contributed by atoms with Gasteiger partial charge in [0.15, 0.2) is 0 Å². The van der Waals surface area contributed by atoms with Crippen LogP contribution in [0.5, 0.6) is 0 Å². The van der Waals surface area contributed by atoms with Crippen LogP contribution in [0.1, 0.15) is 25.7 Å². The highest BCUT2D eigenvalue weighted by atomic mass is 15.4. The molecule has 3 heteroatoms. The Kier molecular flexibility index (Phi) is 1.99. The molecule has 0 radical (unpaired) electrons. The predicted molar refractivity (Wildman–Crippen MR) is 44.6 cm³/mol. The summed E-state index contributed by atoms with van der Waals surface area (Å²) in [7, 11) is 0. The summed E-state index contributed by atoms with van der Waals surface area (Å²) in [5, 5.41) is 3.44. The van der Waals surface area contributed by atoms with Gasteiger partial charge in [0.2, 0.25) is 0 Å². The second-order valence-electron chi connectivity index (χ2n) is 3.14. The Morgan fingerprint density at radius 3 is 2.55 bits per heavy atom. The molecule has 2 aliphatic heterocycles. The van der Waals surface area contributed by atoms with Crippen molar-refractivity contribution in [2.24, 2.45) is 0 Å². The van der Waals surface area contributed by atoms with Gasteiger partial charge < -0.3 is 10.7 Å². The summed E-state index contributed by atoms with van der Waals surface area (Å²) in [4.78, 5) is 0. The molecule has 2 saturated heterocycles. The first-order valence-electron chi connectivity index (χ1n) is 4.41. The summed E-state index contributed by atoms with van der Waals surface area (Å²) in [6, 6.07) is 0. The van der Waals surface area contributed by atoms with Gasteiger partial charge >= 0.3 is 0 Å². The van der Waals surface area contributed by atoms with Gasteiger partial charge in [-0.25, -0.2) is 5.43 Å². The smallest absolute Gasteiger partial charge is 0.0464 e. The molecule has 0 aliphatic carbocycles. The summed E-state index contributed by atoms with van der Waals surface area (Å²) >= 11 is 0. The lowest BCUT2D eigenvalue weighted by Gasteiger charge is -2.18. The van der Waals surface area contributed by atoms with E-state index in [0.717, 1.165) is 19.5 Å². The third-order valence-corrected chi connectivity index (χ3v) is 2.30. The molecule has 62 valence electrons. The lowest BCUT2D eigenvalue weighted by atomic mass is 10.1. The molecule has 0 unspecified atom stereocenters. The monoisotopic (exact) mass is 153 g/mol. The Labute approximate surface area is 67.2 Å². The van der Waals surface area contributed by atoms with Crippen LogP contribution in [-0.2, 0) is 0 Å². The zero-order valence-electron chi connectivity index (χ0n) is 6.74. The standard InChI is InChI=1S/C8H15N3/c1-2-5-9-7(3-1)8-4-6-10-11-8/h9-11H,1-6H2/b8-7+. The van der Waals surface area contributed by atoms with Crippen molar-refractivity contribution in [1.82, 2.24) is 16.2 Å². The second-order valence-corrected chi connectivity index (χ2v) is 3.14. The van der Waals surface area contributed by atoms with Crippen molar-refractivity contribution < 1.29 is 0 Å². The van der Waals surface area contributed by atoms with E-state index in [-0.39, 0.29) is 0 Å². The lowest BCUT2D eigenvalue weighted by molar-refractivity contribution is 0.571. The van der Waals surface area contributed by atoms with E-state index >= 15 is 0 Å². The SMILES string of the molecule is C1CC/C(=C2/CCNN2)NC1. The number of hydrazine groups is 1. The largest absolute Gasteiger partial charge is 0.387 e. The Bertz CT molecular complexity index is 158. The average Bonchev–Trinajstić information content (AvgIpc) is 2.58. The molecule has 0 saturated carbocycles. The molecular weight excluding hydrogens is 138 g/mol. The van der Waals surface area contributed by atoms with Gasteiger partial charge in [-0.05, 0) is 19.3 Å². The van der Waals surface area contributed by atoms with Crippen molar-refractivity contribution >= 4 is 0 Å². The zero-order chi connectivity index (χ0) is 7.52. The molecule has 11 heavy (non-hydrogen) atoms. The molecule has 0 amide bonds. The van der Waals surface area contributed by atoms with E-state index in [0.29, 0.717) is 0 Å². The van der Waals surface area contributed by atoms with Crippen LogP contribution in [0.2, 0.25) is 0 Å². The molecule has 0 aromatic rings. The highest BCUT2D eigenvalue weighted by Gasteiger charge is 2.13. The highest BCUT2D eigenvalue weighted by molar-refractivity contribution is 5.14. The summed E-state index contributed by atoms with van der Waals surface area (Å²) in [5.41, 5.74) is 9.13. The third kappa shape index (κ3) is 1.48. The first kappa shape index (κ1) is 6.98. The van der Waals surface area contributed by atoms with Crippen molar-refractivity contribution in [2.45, 2.75) is 25.7 Å². The van der Waals surface area contributed by atoms with Crippen LogP contribution in [0.4, 0.5) is 0 Å². The zero-order valence-corrected chi connectivity index (χ0v) is 6.74. The van der Waals surface area contributed by atoms with Crippen LogP contribution in [0, 0.1) is 0 Å². The van der Waals surface area contributed by atoms with Gasteiger partial charge in [0.1, 0.15) is 0 Å². The number of nitrogens with one attached hydrogen (secondary N) is 3.